The second kappa shape index (κ2) is 11.1. The molecule has 0 aliphatic heterocycles. The molecule has 0 spiro atoms. The number of hydrogen-bond donors (Lipinski definition) is 3. The summed E-state index contributed by atoms with van der Waals surface area (Å²) in [6, 6.07) is 5.69. The van der Waals surface area contributed by atoms with Crippen molar-refractivity contribution in [2.24, 2.45) is 4.99 Å². The fourth-order valence-electron chi connectivity index (χ4n) is 1.59. The van der Waals surface area contributed by atoms with E-state index < -0.39 is 6.10 Å². The number of aliphatic hydroxyl groups excluding tert-OH is 1. The molecule has 7 heteroatoms. The molecule has 3 N–H and O–H groups in total. The van der Waals surface area contributed by atoms with E-state index in [0.717, 1.165) is 18.8 Å². The number of hydrogen-bond acceptors (Lipinski definition) is 4. The minimum Gasteiger partial charge on any atom is -0.491 e. The van der Waals surface area contributed by atoms with Crippen LogP contribution in [0.2, 0.25) is 0 Å². The van der Waals surface area contributed by atoms with Crippen LogP contribution in [-0.4, -0.2) is 55.4 Å². The topological polar surface area (TPSA) is 65.9 Å². The van der Waals surface area contributed by atoms with Crippen LogP contribution in [0.25, 0.3) is 0 Å². The summed E-state index contributed by atoms with van der Waals surface area (Å²) in [7, 11) is 0. The average molecular weight is 329 g/mol. The molecular weight excluding hydrogens is 305 g/mol. The van der Waals surface area contributed by atoms with Crippen LogP contribution in [0.15, 0.2) is 29.3 Å². The van der Waals surface area contributed by atoms with Crippen LogP contribution in [0.4, 0.5) is 4.39 Å². The number of rotatable bonds is 9. The van der Waals surface area contributed by atoms with Gasteiger partial charge in [-0.15, -0.1) is 0 Å². The fourth-order valence-corrected chi connectivity index (χ4v) is 1.89. The van der Waals surface area contributed by atoms with Gasteiger partial charge in [0.1, 0.15) is 24.3 Å². The SMILES string of the molecule is CCNC(=NCC(O)COc1ccc(F)cc1)NCCSC. The summed E-state index contributed by atoms with van der Waals surface area (Å²) in [5.74, 6) is 1.87. The maximum Gasteiger partial charge on any atom is 0.191 e. The number of nitrogens with zero attached hydrogens (tertiary/aromatic N) is 1. The van der Waals surface area contributed by atoms with Crippen molar-refractivity contribution >= 4 is 17.7 Å². The molecule has 0 aliphatic rings. The first-order valence-corrected chi connectivity index (χ1v) is 8.62. The molecule has 0 radical (unpaired) electrons. The first kappa shape index (κ1) is 18.6. The molecule has 124 valence electrons. The van der Waals surface area contributed by atoms with Crippen molar-refractivity contribution in [1.29, 1.82) is 0 Å². The van der Waals surface area contributed by atoms with Gasteiger partial charge in [0.15, 0.2) is 5.96 Å². The van der Waals surface area contributed by atoms with Gasteiger partial charge in [-0.05, 0) is 37.4 Å². The zero-order chi connectivity index (χ0) is 16.2. The largest absolute Gasteiger partial charge is 0.491 e. The summed E-state index contributed by atoms with van der Waals surface area (Å²) >= 11 is 1.75. The molecule has 0 saturated carbocycles. The Bertz CT molecular complexity index is 443. The van der Waals surface area contributed by atoms with Gasteiger partial charge in [0.05, 0.1) is 6.54 Å². The van der Waals surface area contributed by atoms with E-state index in [4.69, 9.17) is 4.74 Å². The highest BCUT2D eigenvalue weighted by Crippen LogP contribution is 2.11. The lowest BCUT2D eigenvalue weighted by atomic mass is 10.3. The molecule has 0 fully saturated rings. The van der Waals surface area contributed by atoms with Crippen molar-refractivity contribution in [3.8, 4) is 5.75 Å². The molecule has 1 atom stereocenters. The van der Waals surface area contributed by atoms with E-state index in [1.165, 1.54) is 24.3 Å². The molecule has 1 unspecified atom stereocenters. The minimum absolute atomic E-state index is 0.110. The van der Waals surface area contributed by atoms with Crippen molar-refractivity contribution in [1.82, 2.24) is 10.6 Å². The second-order valence-electron chi connectivity index (χ2n) is 4.56. The molecule has 22 heavy (non-hydrogen) atoms. The second-order valence-corrected chi connectivity index (χ2v) is 5.54. The third kappa shape index (κ3) is 8.09. The Hall–Kier alpha value is -1.47. The predicted molar refractivity (Wildman–Crippen MR) is 90.3 cm³/mol. The van der Waals surface area contributed by atoms with Crippen molar-refractivity contribution < 1.29 is 14.2 Å². The van der Waals surface area contributed by atoms with Gasteiger partial charge < -0.3 is 20.5 Å². The van der Waals surface area contributed by atoms with E-state index in [1.807, 2.05) is 13.2 Å². The summed E-state index contributed by atoms with van der Waals surface area (Å²) in [5.41, 5.74) is 0. The van der Waals surface area contributed by atoms with Gasteiger partial charge in [-0.2, -0.15) is 11.8 Å². The summed E-state index contributed by atoms with van der Waals surface area (Å²) < 4.78 is 18.1. The minimum atomic E-state index is -0.721. The zero-order valence-corrected chi connectivity index (χ0v) is 13.8. The van der Waals surface area contributed by atoms with Gasteiger partial charge in [0, 0.05) is 18.8 Å². The lowest BCUT2D eigenvalue weighted by Gasteiger charge is -2.13. The molecular formula is C15H24FN3O2S. The van der Waals surface area contributed by atoms with Crippen LogP contribution >= 0.6 is 11.8 Å². The summed E-state index contributed by atoms with van der Waals surface area (Å²) in [6.45, 7) is 3.90. The average Bonchev–Trinajstić information content (AvgIpc) is 2.52. The Kier molecular flexibility index (Phi) is 9.41. The highest BCUT2D eigenvalue weighted by atomic mass is 32.2. The third-order valence-electron chi connectivity index (χ3n) is 2.66. The summed E-state index contributed by atoms with van der Waals surface area (Å²) in [6.07, 6.45) is 1.32. The van der Waals surface area contributed by atoms with Crippen LogP contribution in [0.5, 0.6) is 5.75 Å². The van der Waals surface area contributed by atoms with Gasteiger partial charge in [-0.3, -0.25) is 4.99 Å². The number of halogens is 1. The maximum atomic E-state index is 12.8. The van der Waals surface area contributed by atoms with E-state index >= 15 is 0 Å². The van der Waals surface area contributed by atoms with E-state index in [9.17, 15) is 9.50 Å². The Morgan fingerprint density at radius 2 is 2.09 bits per heavy atom. The predicted octanol–water partition coefficient (Wildman–Crippen LogP) is 1.48. The quantitative estimate of drug-likeness (QED) is 0.364. The standard InChI is InChI=1S/C15H24FN3O2S/c1-3-17-15(18-8-9-22-2)19-10-13(20)11-21-14-6-4-12(16)5-7-14/h4-7,13,20H,3,8-11H2,1-2H3,(H2,17,18,19). The van der Waals surface area contributed by atoms with Crippen LogP contribution in [0.1, 0.15) is 6.92 Å². The Morgan fingerprint density at radius 1 is 1.36 bits per heavy atom. The van der Waals surface area contributed by atoms with Gasteiger partial charge >= 0.3 is 0 Å². The van der Waals surface area contributed by atoms with Gasteiger partial charge in [-0.1, -0.05) is 0 Å². The molecule has 0 bridgehead atoms. The Balaban J connectivity index is 2.35. The van der Waals surface area contributed by atoms with Crippen molar-refractivity contribution in [2.75, 3.05) is 38.2 Å². The number of nitrogens with one attached hydrogen (secondary N) is 2. The molecule has 5 nitrogen and oxygen atoms in total. The highest BCUT2D eigenvalue weighted by molar-refractivity contribution is 7.98. The van der Waals surface area contributed by atoms with Crippen LogP contribution in [0.3, 0.4) is 0 Å². The molecule has 0 amide bonds. The monoisotopic (exact) mass is 329 g/mol. The number of guanidine groups is 1. The van der Waals surface area contributed by atoms with Crippen molar-refractivity contribution in [3.63, 3.8) is 0 Å². The fraction of sp³-hybridized carbons (Fsp3) is 0.533. The third-order valence-corrected chi connectivity index (χ3v) is 3.27. The molecule has 1 aromatic carbocycles. The molecule has 1 rings (SSSR count). The molecule has 0 aromatic heterocycles. The summed E-state index contributed by atoms with van der Waals surface area (Å²) in [4.78, 5) is 4.31. The first-order valence-electron chi connectivity index (χ1n) is 7.23. The lowest BCUT2D eigenvalue weighted by molar-refractivity contribution is 0.114. The Morgan fingerprint density at radius 3 is 2.73 bits per heavy atom. The van der Waals surface area contributed by atoms with Crippen LogP contribution in [-0.2, 0) is 0 Å². The number of thioether (sulfide) groups is 1. The molecule has 1 aromatic rings. The van der Waals surface area contributed by atoms with Crippen LogP contribution < -0.4 is 15.4 Å². The lowest BCUT2D eigenvalue weighted by Crippen LogP contribution is -2.39. The first-order chi connectivity index (χ1) is 10.7. The number of aliphatic hydroxyl groups is 1. The Labute approximate surface area is 135 Å². The number of aliphatic imine (C=N–C) groups is 1. The van der Waals surface area contributed by atoms with Gasteiger partial charge in [-0.25, -0.2) is 4.39 Å². The highest BCUT2D eigenvalue weighted by Gasteiger charge is 2.06. The van der Waals surface area contributed by atoms with E-state index in [1.54, 1.807) is 11.8 Å². The maximum absolute atomic E-state index is 12.8. The van der Waals surface area contributed by atoms with Gasteiger partial charge in [0.2, 0.25) is 0 Å². The van der Waals surface area contributed by atoms with Crippen molar-refractivity contribution in [2.45, 2.75) is 13.0 Å². The van der Waals surface area contributed by atoms with Crippen LogP contribution in [0, 0.1) is 5.82 Å². The molecule has 0 heterocycles. The van der Waals surface area contributed by atoms with Crippen molar-refractivity contribution in [3.05, 3.63) is 30.1 Å². The number of ether oxygens (including phenoxy) is 1. The molecule has 0 saturated heterocycles. The van der Waals surface area contributed by atoms with Gasteiger partial charge in [0.25, 0.3) is 0 Å². The number of benzene rings is 1. The normalized spacial score (nSPS) is 12.8. The van der Waals surface area contributed by atoms with E-state index in [2.05, 4.69) is 15.6 Å². The zero-order valence-electron chi connectivity index (χ0n) is 13.0. The van der Waals surface area contributed by atoms with E-state index in [-0.39, 0.29) is 19.0 Å². The smallest absolute Gasteiger partial charge is 0.191 e. The molecule has 0 aliphatic carbocycles. The summed E-state index contributed by atoms with van der Waals surface area (Å²) in [5, 5.41) is 16.2. The van der Waals surface area contributed by atoms with E-state index in [0.29, 0.717) is 11.7 Å².